The van der Waals surface area contributed by atoms with Crippen molar-refractivity contribution in [1.29, 1.82) is 0 Å². The Bertz CT molecular complexity index is 1220. The van der Waals surface area contributed by atoms with Crippen molar-refractivity contribution in [3.05, 3.63) is 82.7 Å². The van der Waals surface area contributed by atoms with E-state index in [4.69, 9.17) is 19.2 Å². The Morgan fingerprint density at radius 1 is 0.935 bits per heavy atom. The molecule has 4 rings (SSSR count). The molecule has 2 heterocycles. The van der Waals surface area contributed by atoms with E-state index in [-0.39, 0.29) is 0 Å². The van der Waals surface area contributed by atoms with Crippen LogP contribution < -0.4 is 19.0 Å². The third-order valence-corrected chi connectivity index (χ3v) is 5.71. The van der Waals surface area contributed by atoms with Crippen LogP contribution in [0.25, 0.3) is 11.3 Å². The van der Waals surface area contributed by atoms with Crippen LogP contribution in [0.4, 0.5) is 5.69 Å². The molecule has 0 aliphatic rings. The van der Waals surface area contributed by atoms with Crippen LogP contribution in [0.3, 0.4) is 0 Å². The lowest BCUT2D eigenvalue weighted by molar-refractivity contribution is 0.404. The maximum atomic E-state index is 5.64. The fraction of sp³-hybridized carbons (Fsp3) is 0.167. The molecule has 158 valence electrons. The number of pyridine rings is 1. The molecule has 0 radical (unpaired) electrons. The van der Waals surface area contributed by atoms with Crippen molar-refractivity contribution in [2.75, 3.05) is 21.3 Å². The average molecular weight is 434 g/mol. The standard InChI is InChI=1S/C24H23N3O3S/c1-28-19-8-6-17(7-9-19)15-27-22(21-13-20(29-2)10-11-23(21)30-3)16-31-24(27)26-18-5-4-12-25-14-18/h4-14,16H,15H2,1-3H3. The normalized spacial score (nSPS) is 11.4. The number of benzene rings is 2. The first kappa shape index (κ1) is 20.7. The van der Waals surface area contributed by atoms with Crippen molar-refractivity contribution in [3.8, 4) is 28.5 Å². The second kappa shape index (κ2) is 9.49. The number of nitrogens with zero attached hydrogens (tertiary/aromatic N) is 3. The summed E-state index contributed by atoms with van der Waals surface area (Å²) in [6, 6.07) is 17.7. The molecule has 0 bridgehead atoms. The van der Waals surface area contributed by atoms with Crippen LogP contribution in [-0.2, 0) is 6.54 Å². The zero-order chi connectivity index (χ0) is 21.6. The van der Waals surface area contributed by atoms with Gasteiger partial charge >= 0.3 is 0 Å². The summed E-state index contributed by atoms with van der Waals surface area (Å²) in [5.74, 6) is 2.37. The van der Waals surface area contributed by atoms with E-state index < -0.39 is 0 Å². The van der Waals surface area contributed by atoms with Crippen molar-refractivity contribution >= 4 is 17.0 Å². The zero-order valence-corrected chi connectivity index (χ0v) is 18.4. The van der Waals surface area contributed by atoms with Gasteiger partial charge in [0.25, 0.3) is 0 Å². The molecule has 0 N–H and O–H groups in total. The quantitative estimate of drug-likeness (QED) is 0.415. The third-order valence-electron chi connectivity index (χ3n) is 4.85. The maximum Gasteiger partial charge on any atom is 0.190 e. The predicted molar refractivity (Wildman–Crippen MR) is 122 cm³/mol. The lowest BCUT2D eigenvalue weighted by Crippen LogP contribution is -2.17. The number of hydrogen-bond donors (Lipinski definition) is 0. The van der Waals surface area contributed by atoms with E-state index in [1.165, 1.54) is 0 Å². The molecule has 31 heavy (non-hydrogen) atoms. The molecule has 2 aromatic heterocycles. The van der Waals surface area contributed by atoms with Gasteiger partial charge in [-0.15, -0.1) is 11.3 Å². The van der Waals surface area contributed by atoms with E-state index in [1.807, 2.05) is 42.5 Å². The van der Waals surface area contributed by atoms with Gasteiger partial charge in [-0.25, -0.2) is 4.99 Å². The molecule has 0 spiro atoms. The van der Waals surface area contributed by atoms with E-state index in [2.05, 4.69) is 27.1 Å². The minimum absolute atomic E-state index is 0.641. The van der Waals surface area contributed by atoms with E-state index in [0.29, 0.717) is 6.54 Å². The van der Waals surface area contributed by atoms with Gasteiger partial charge in [0.1, 0.15) is 17.2 Å². The van der Waals surface area contributed by atoms with Crippen molar-refractivity contribution < 1.29 is 14.2 Å². The molecule has 0 atom stereocenters. The number of ether oxygens (including phenoxy) is 3. The van der Waals surface area contributed by atoms with Crippen LogP contribution in [-0.4, -0.2) is 30.9 Å². The monoisotopic (exact) mass is 433 g/mol. The largest absolute Gasteiger partial charge is 0.497 e. The molecule has 2 aromatic carbocycles. The summed E-state index contributed by atoms with van der Waals surface area (Å²) in [5.41, 5.74) is 3.88. The van der Waals surface area contributed by atoms with E-state index in [1.54, 1.807) is 45.1 Å². The fourth-order valence-electron chi connectivity index (χ4n) is 3.25. The summed E-state index contributed by atoms with van der Waals surface area (Å²) in [6.07, 6.45) is 3.49. The summed E-state index contributed by atoms with van der Waals surface area (Å²) in [5, 5.41) is 2.09. The number of hydrogen-bond acceptors (Lipinski definition) is 6. The minimum Gasteiger partial charge on any atom is -0.497 e. The minimum atomic E-state index is 0.641. The van der Waals surface area contributed by atoms with Gasteiger partial charge < -0.3 is 18.8 Å². The molecular formula is C24H23N3O3S. The second-order valence-corrected chi connectivity index (χ2v) is 7.56. The van der Waals surface area contributed by atoms with Gasteiger partial charge in [-0.2, -0.15) is 0 Å². The van der Waals surface area contributed by atoms with E-state index in [9.17, 15) is 0 Å². The van der Waals surface area contributed by atoms with Crippen LogP contribution in [0, 0.1) is 0 Å². The molecule has 0 aliphatic carbocycles. The summed E-state index contributed by atoms with van der Waals surface area (Å²) in [6.45, 7) is 0.641. The Morgan fingerprint density at radius 3 is 2.39 bits per heavy atom. The molecule has 0 saturated carbocycles. The van der Waals surface area contributed by atoms with Crippen molar-refractivity contribution in [2.24, 2.45) is 4.99 Å². The van der Waals surface area contributed by atoms with Crippen molar-refractivity contribution in [3.63, 3.8) is 0 Å². The zero-order valence-electron chi connectivity index (χ0n) is 17.6. The van der Waals surface area contributed by atoms with Gasteiger partial charge in [-0.05, 0) is 48.0 Å². The molecule has 0 saturated heterocycles. The van der Waals surface area contributed by atoms with Gasteiger partial charge in [-0.3, -0.25) is 4.98 Å². The molecule has 4 aromatic rings. The molecular weight excluding hydrogens is 410 g/mol. The summed E-state index contributed by atoms with van der Waals surface area (Å²) in [7, 11) is 5.00. The first-order chi connectivity index (χ1) is 15.2. The van der Waals surface area contributed by atoms with Gasteiger partial charge in [0, 0.05) is 17.1 Å². The lowest BCUT2D eigenvalue weighted by Gasteiger charge is -2.14. The summed E-state index contributed by atoms with van der Waals surface area (Å²) >= 11 is 1.57. The van der Waals surface area contributed by atoms with Crippen LogP contribution >= 0.6 is 11.3 Å². The van der Waals surface area contributed by atoms with Crippen LogP contribution in [0.1, 0.15) is 5.56 Å². The highest BCUT2D eigenvalue weighted by atomic mass is 32.1. The molecule has 0 aliphatic heterocycles. The molecule has 0 fully saturated rings. The van der Waals surface area contributed by atoms with Crippen molar-refractivity contribution in [1.82, 2.24) is 9.55 Å². The highest BCUT2D eigenvalue weighted by Gasteiger charge is 2.15. The average Bonchev–Trinajstić information content (AvgIpc) is 3.21. The number of thiazole rings is 1. The second-order valence-electron chi connectivity index (χ2n) is 6.73. The lowest BCUT2D eigenvalue weighted by atomic mass is 10.1. The number of rotatable bonds is 7. The van der Waals surface area contributed by atoms with Gasteiger partial charge in [0.05, 0.1) is 45.5 Å². The van der Waals surface area contributed by atoms with Crippen LogP contribution in [0.15, 0.2) is 77.4 Å². The fourth-order valence-corrected chi connectivity index (χ4v) is 4.16. The Hall–Kier alpha value is -3.58. The Labute approximate surface area is 185 Å². The Morgan fingerprint density at radius 2 is 1.71 bits per heavy atom. The molecule has 0 amide bonds. The highest BCUT2D eigenvalue weighted by molar-refractivity contribution is 7.07. The number of aromatic nitrogens is 2. The Balaban J connectivity index is 1.87. The van der Waals surface area contributed by atoms with E-state index >= 15 is 0 Å². The van der Waals surface area contributed by atoms with Crippen molar-refractivity contribution in [2.45, 2.75) is 6.54 Å². The summed E-state index contributed by atoms with van der Waals surface area (Å²) in [4.78, 5) is 9.88. The Kier molecular flexibility index (Phi) is 6.33. The number of methoxy groups -OCH3 is 3. The van der Waals surface area contributed by atoms with E-state index in [0.717, 1.165) is 44.6 Å². The molecule has 6 nitrogen and oxygen atoms in total. The SMILES string of the molecule is COc1ccc(Cn2c(-c3cc(OC)ccc3OC)csc2=Nc2cccnc2)cc1. The highest BCUT2D eigenvalue weighted by Crippen LogP contribution is 2.34. The first-order valence-electron chi connectivity index (χ1n) is 9.70. The van der Waals surface area contributed by atoms with Crippen LogP contribution in [0.5, 0.6) is 17.2 Å². The molecule has 7 heteroatoms. The summed E-state index contributed by atoms with van der Waals surface area (Å²) < 4.78 is 18.6. The first-order valence-corrected chi connectivity index (χ1v) is 10.6. The molecule has 0 unspecified atom stereocenters. The maximum absolute atomic E-state index is 5.64. The third kappa shape index (κ3) is 4.62. The van der Waals surface area contributed by atoms with Gasteiger partial charge in [0.15, 0.2) is 4.80 Å². The predicted octanol–water partition coefficient (Wildman–Crippen LogP) is 4.92. The van der Waals surface area contributed by atoms with Gasteiger partial charge in [0.2, 0.25) is 0 Å². The van der Waals surface area contributed by atoms with Gasteiger partial charge in [-0.1, -0.05) is 12.1 Å². The van der Waals surface area contributed by atoms with Crippen LogP contribution in [0.2, 0.25) is 0 Å². The smallest absolute Gasteiger partial charge is 0.190 e. The topological polar surface area (TPSA) is 57.9 Å².